The van der Waals surface area contributed by atoms with Crippen molar-refractivity contribution in [1.29, 1.82) is 0 Å². The second-order valence-corrected chi connectivity index (χ2v) is 11.9. The van der Waals surface area contributed by atoms with E-state index in [1.807, 2.05) is 0 Å². The molecule has 0 nitrogen and oxygen atoms in total. The van der Waals surface area contributed by atoms with Gasteiger partial charge in [-0.15, -0.1) is 59.3 Å². The molecule has 138 valence electrons. The van der Waals surface area contributed by atoms with Crippen molar-refractivity contribution in [1.82, 2.24) is 0 Å². The summed E-state index contributed by atoms with van der Waals surface area (Å²) in [4.78, 5) is 0. The third kappa shape index (κ3) is 6.83. The Morgan fingerprint density at radius 2 is 0.926 bits per heavy atom. The zero-order chi connectivity index (χ0) is 17.1. The van der Waals surface area contributed by atoms with E-state index in [1.165, 1.54) is 21.5 Å². The van der Waals surface area contributed by atoms with E-state index in [9.17, 15) is 0 Å². The Balaban J connectivity index is 0.000000451. The van der Waals surface area contributed by atoms with Crippen LogP contribution in [0.15, 0.2) is 72.8 Å². The first kappa shape index (κ1) is 26.6. The van der Waals surface area contributed by atoms with Gasteiger partial charge in [0.1, 0.15) is 0 Å². The van der Waals surface area contributed by atoms with Gasteiger partial charge in [-0.1, -0.05) is 38.3 Å². The molecule has 0 aromatic heterocycles. The number of rotatable bonds is 2. The Morgan fingerprint density at radius 3 is 1.22 bits per heavy atom. The first-order valence-corrected chi connectivity index (χ1v) is 13.5. The average molecular weight is 507 g/mol. The number of fused-ring (bicyclic) bond motifs is 2. The monoisotopic (exact) mass is 504 g/mol. The molecule has 0 aliphatic heterocycles. The van der Waals surface area contributed by atoms with Gasteiger partial charge in [0.2, 0.25) is 0 Å². The van der Waals surface area contributed by atoms with Crippen LogP contribution >= 0.6 is 0 Å². The van der Waals surface area contributed by atoms with Crippen molar-refractivity contribution in [2.24, 2.45) is 0 Å². The molecule has 0 saturated heterocycles. The van der Waals surface area contributed by atoms with E-state index in [-0.39, 0.29) is 68.6 Å². The predicted octanol–water partition coefficient (Wildman–Crippen LogP) is -0.954. The number of benzene rings is 2. The molecule has 0 bridgehead atoms. The molecule has 0 unspecified atom stereocenters. The third-order valence-corrected chi connectivity index (χ3v) is 7.28. The van der Waals surface area contributed by atoms with E-state index in [0.29, 0.717) is 0 Å². The number of hydrogen-bond acceptors (Lipinski definition) is 0. The molecule has 0 amide bonds. The molecule has 0 fully saturated rings. The van der Waals surface area contributed by atoms with E-state index in [4.69, 9.17) is 0 Å². The Hall–Kier alpha value is -0.443. The predicted molar refractivity (Wildman–Crippen MR) is 113 cm³/mol. The molecule has 0 spiro atoms. The standard InChI is InChI=1S/2C11H12Si.2ClH.Zr/c2*1-12(2)11-7-9-5-3-4-6-10(9)8-11;;;/h2*3-8H,1-2H3;2*1H;/q2*-1;;;+4/p-2. The summed E-state index contributed by atoms with van der Waals surface area (Å²) in [5, 5.41) is 8.64. The maximum Gasteiger partial charge on any atom is 4.00 e. The van der Waals surface area contributed by atoms with Crippen LogP contribution in [0.2, 0.25) is 26.2 Å². The normalized spacial score (nSPS) is 10.0. The Kier molecular flexibility index (Phi) is 12.0. The van der Waals surface area contributed by atoms with Gasteiger partial charge in [-0.25, -0.2) is 0 Å². The summed E-state index contributed by atoms with van der Waals surface area (Å²) in [5.74, 6) is 0. The molecular weight excluding hydrogens is 483 g/mol. The topological polar surface area (TPSA) is 0 Å². The number of halogens is 2. The molecule has 0 saturated carbocycles. The van der Waals surface area contributed by atoms with Gasteiger partial charge in [0.25, 0.3) is 0 Å². The summed E-state index contributed by atoms with van der Waals surface area (Å²) in [5.41, 5.74) is 0. The van der Waals surface area contributed by atoms with Crippen molar-refractivity contribution in [2.45, 2.75) is 26.2 Å². The molecule has 0 N–H and O–H groups in total. The molecule has 4 aromatic carbocycles. The van der Waals surface area contributed by atoms with Crippen LogP contribution in [0.25, 0.3) is 21.5 Å². The van der Waals surface area contributed by atoms with Crippen molar-refractivity contribution in [2.75, 3.05) is 0 Å². The van der Waals surface area contributed by atoms with Crippen molar-refractivity contribution in [3.63, 3.8) is 0 Å². The molecule has 27 heavy (non-hydrogen) atoms. The largest absolute Gasteiger partial charge is 4.00 e. The molecule has 0 aliphatic rings. The summed E-state index contributed by atoms with van der Waals surface area (Å²) >= 11 is 0. The van der Waals surface area contributed by atoms with E-state index in [1.54, 1.807) is 10.4 Å². The molecule has 2 radical (unpaired) electrons. The minimum Gasteiger partial charge on any atom is -1.00 e. The molecule has 5 heteroatoms. The third-order valence-electron chi connectivity index (χ3n) is 4.39. The van der Waals surface area contributed by atoms with E-state index < -0.39 is 0 Å². The summed E-state index contributed by atoms with van der Waals surface area (Å²) in [6.45, 7) is 9.33. The zero-order valence-electron chi connectivity index (χ0n) is 16.2. The van der Waals surface area contributed by atoms with E-state index >= 15 is 0 Å². The van der Waals surface area contributed by atoms with Crippen molar-refractivity contribution < 1.29 is 51.0 Å². The second kappa shape index (κ2) is 12.2. The van der Waals surface area contributed by atoms with Crippen LogP contribution < -0.4 is 35.2 Å². The van der Waals surface area contributed by atoms with Crippen molar-refractivity contribution >= 4 is 49.5 Å². The quantitative estimate of drug-likeness (QED) is 0.243. The van der Waals surface area contributed by atoms with E-state index in [0.717, 1.165) is 0 Å². The molecule has 0 heterocycles. The Morgan fingerprint density at radius 1 is 0.593 bits per heavy atom. The summed E-state index contributed by atoms with van der Waals surface area (Å²) in [7, 11) is -0.546. The minimum atomic E-state index is -0.273. The van der Waals surface area contributed by atoms with Gasteiger partial charge in [0.15, 0.2) is 0 Å². The first-order valence-electron chi connectivity index (χ1n) is 8.46. The van der Waals surface area contributed by atoms with Crippen LogP contribution in [0.4, 0.5) is 0 Å². The maximum absolute atomic E-state index is 2.33. The summed E-state index contributed by atoms with van der Waals surface area (Å²) < 4.78 is 0. The Labute approximate surface area is 198 Å². The molecule has 0 aliphatic carbocycles. The van der Waals surface area contributed by atoms with Gasteiger partial charge in [-0.2, -0.15) is 33.3 Å². The fourth-order valence-electron chi connectivity index (χ4n) is 2.88. The summed E-state index contributed by atoms with van der Waals surface area (Å²) in [6.07, 6.45) is 0. The first-order chi connectivity index (χ1) is 11.5. The van der Waals surface area contributed by atoms with Gasteiger partial charge < -0.3 is 24.8 Å². The van der Waals surface area contributed by atoms with Gasteiger partial charge in [-0.05, 0) is 0 Å². The Bertz CT molecular complexity index is 797. The second-order valence-electron chi connectivity index (χ2n) is 6.75. The zero-order valence-corrected chi connectivity index (χ0v) is 22.2. The fourth-order valence-corrected chi connectivity index (χ4v) is 4.66. The average Bonchev–Trinajstić information content (AvgIpc) is 3.19. The summed E-state index contributed by atoms with van der Waals surface area (Å²) in [6, 6.07) is 26.4. The van der Waals surface area contributed by atoms with Gasteiger partial charge in [0.05, 0.1) is 17.6 Å². The van der Waals surface area contributed by atoms with Gasteiger partial charge in [-0.3, -0.25) is 0 Å². The van der Waals surface area contributed by atoms with Gasteiger partial charge >= 0.3 is 26.2 Å². The smallest absolute Gasteiger partial charge is 1.00 e. The van der Waals surface area contributed by atoms with Crippen LogP contribution in [0.5, 0.6) is 0 Å². The van der Waals surface area contributed by atoms with Crippen LogP contribution in [0, 0.1) is 0 Å². The SMILES string of the molecule is C[Si](C)c1cc2ccccc2[cH-]1.C[Si](C)c1cc2ccccc2[cH-]1.[Cl-].[Cl-].[Zr+4]. The molecule has 0 atom stereocenters. The van der Waals surface area contributed by atoms with E-state index in [2.05, 4.69) is 99.0 Å². The van der Waals surface area contributed by atoms with Crippen LogP contribution in [-0.2, 0) is 26.2 Å². The molecule has 4 rings (SSSR count). The van der Waals surface area contributed by atoms with Crippen LogP contribution in [0.3, 0.4) is 0 Å². The molecule has 4 aromatic rings. The minimum absolute atomic E-state index is 0. The fraction of sp³-hybridized carbons (Fsp3) is 0.182. The van der Waals surface area contributed by atoms with Crippen LogP contribution in [0.1, 0.15) is 0 Å². The molecular formula is C22H24Cl2Si2Zr. The van der Waals surface area contributed by atoms with Gasteiger partial charge in [0, 0.05) is 0 Å². The van der Waals surface area contributed by atoms with Crippen molar-refractivity contribution in [3.8, 4) is 0 Å². The van der Waals surface area contributed by atoms with Crippen molar-refractivity contribution in [3.05, 3.63) is 72.8 Å². The maximum atomic E-state index is 2.33. The number of hydrogen-bond donors (Lipinski definition) is 0. The van der Waals surface area contributed by atoms with Crippen LogP contribution in [-0.4, -0.2) is 17.6 Å².